The quantitative estimate of drug-likeness (QED) is 0.176. The monoisotopic (exact) mass is 665 g/mol. The first-order valence-corrected chi connectivity index (χ1v) is 16.9. The van der Waals surface area contributed by atoms with E-state index in [0.717, 1.165) is 0 Å². The summed E-state index contributed by atoms with van der Waals surface area (Å²) in [5, 5.41) is 10.2. The zero-order chi connectivity index (χ0) is 35.2. The van der Waals surface area contributed by atoms with Crippen LogP contribution in [-0.4, -0.2) is 90.4 Å². The van der Waals surface area contributed by atoms with E-state index in [0.29, 0.717) is 45.6 Å². The first-order valence-electron chi connectivity index (χ1n) is 16.9. The summed E-state index contributed by atoms with van der Waals surface area (Å²) < 4.78 is 10.3. The summed E-state index contributed by atoms with van der Waals surface area (Å²) in [4.78, 5) is 45.8. The predicted molar refractivity (Wildman–Crippen MR) is 191 cm³/mol. The van der Waals surface area contributed by atoms with Crippen LogP contribution < -0.4 is 9.47 Å². The van der Waals surface area contributed by atoms with Gasteiger partial charge in [0.25, 0.3) is 11.7 Å². The van der Waals surface area contributed by atoms with Crippen LogP contribution in [-0.2, 0) is 9.59 Å². The molecule has 2 fully saturated rings. The van der Waals surface area contributed by atoms with Crippen molar-refractivity contribution in [3.63, 3.8) is 0 Å². The third-order valence-electron chi connectivity index (χ3n) is 8.62. The van der Waals surface area contributed by atoms with Crippen LogP contribution in [0.2, 0.25) is 0 Å². The zero-order valence-corrected chi connectivity index (χ0v) is 28.8. The summed E-state index contributed by atoms with van der Waals surface area (Å²) in [6, 6.07) is 34.7. The molecule has 9 nitrogen and oxygen atoms in total. The molecule has 2 saturated heterocycles. The standard InChI is InChI=1S/C32H35N3O6.C6H6.C2H6/c1-40-26-20-24(21-27(41-2)30(26)37)29(36)32(39)35-15-9-14-25(35)31(38)34-18-16-33(17-19-34)28(22-10-5-3-6-11-22)23-12-7-4-8-13-23;1-2-4-6-5-3-1;1-2/h3-8,10-13,20-21,25,28,37H,9,14-19H2,1-2H3;1-6H;1-2H3. The van der Waals surface area contributed by atoms with Gasteiger partial charge in [0.2, 0.25) is 11.7 Å². The lowest BCUT2D eigenvalue weighted by molar-refractivity contribution is -0.143. The van der Waals surface area contributed by atoms with Crippen molar-refractivity contribution >= 4 is 17.6 Å². The third-order valence-corrected chi connectivity index (χ3v) is 8.62. The molecule has 2 aliphatic heterocycles. The molecule has 258 valence electrons. The second kappa shape index (κ2) is 18.4. The molecule has 49 heavy (non-hydrogen) atoms. The molecule has 1 unspecified atom stereocenters. The van der Waals surface area contributed by atoms with Gasteiger partial charge in [-0.05, 0) is 36.1 Å². The topological polar surface area (TPSA) is 99.6 Å². The number of hydrogen-bond donors (Lipinski definition) is 1. The molecule has 9 heteroatoms. The fraction of sp³-hybridized carbons (Fsp3) is 0.325. The molecule has 1 N–H and O–H groups in total. The molecule has 0 bridgehead atoms. The van der Waals surface area contributed by atoms with Crippen LogP contribution in [0.3, 0.4) is 0 Å². The predicted octanol–water partition coefficient (Wildman–Crippen LogP) is 6.23. The maximum Gasteiger partial charge on any atom is 0.295 e. The molecule has 0 aliphatic carbocycles. The van der Waals surface area contributed by atoms with E-state index in [-0.39, 0.29) is 34.8 Å². The number of ketones is 1. The van der Waals surface area contributed by atoms with Crippen molar-refractivity contribution in [1.82, 2.24) is 14.7 Å². The van der Waals surface area contributed by atoms with Gasteiger partial charge < -0.3 is 24.4 Å². The largest absolute Gasteiger partial charge is 0.502 e. The van der Waals surface area contributed by atoms with E-state index in [4.69, 9.17) is 9.47 Å². The number of benzene rings is 4. The molecule has 2 aliphatic rings. The summed E-state index contributed by atoms with van der Waals surface area (Å²) >= 11 is 0. The Hall–Kier alpha value is -5.15. The first kappa shape index (κ1) is 36.7. The number of carbonyl (C=O) groups excluding carboxylic acids is 3. The molecule has 0 radical (unpaired) electrons. The van der Waals surface area contributed by atoms with Crippen molar-refractivity contribution in [1.29, 1.82) is 0 Å². The van der Waals surface area contributed by atoms with E-state index in [1.54, 1.807) is 0 Å². The summed E-state index contributed by atoms with van der Waals surface area (Å²) in [5.74, 6) is -1.86. The Kier molecular flexibility index (Phi) is 13.8. The number of carbonyl (C=O) groups is 3. The molecular formula is C40H47N3O6. The van der Waals surface area contributed by atoms with Crippen LogP contribution in [0, 0.1) is 0 Å². The number of phenolic OH excluding ortho intramolecular Hbond substituents is 1. The van der Waals surface area contributed by atoms with Crippen molar-refractivity contribution in [2.24, 2.45) is 0 Å². The van der Waals surface area contributed by atoms with Gasteiger partial charge in [0.05, 0.1) is 20.3 Å². The lowest BCUT2D eigenvalue weighted by Crippen LogP contribution is -2.55. The number of rotatable bonds is 8. The number of amides is 2. The van der Waals surface area contributed by atoms with Gasteiger partial charge in [0, 0.05) is 38.3 Å². The van der Waals surface area contributed by atoms with Gasteiger partial charge in [-0.1, -0.05) is 111 Å². The number of piperazine rings is 1. The van der Waals surface area contributed by atoms with Gasteiger partial charge >= 0.3 is 0 Å². The van der Waals surface area contributed by atoms with Crippen molar-refractivity contribution in [2.45, 2.75) is 38.8 Å². The third kappa shape index (κ3) is 9.06. The van der Waals surface area contributed by atoms with Crippen molar-refractivity contribution in [2.75, 3.05) is 46.9 Å². The summed E-state index contributed by atoms with van der Waals surface area (Å²) in [6.07, 6.45) is 1.15. The van der Waals surface area contributed by atoms with Gasteiger partial charge in [-0.15, -0.1) is 0 Å². The highest BCUT2D eigenvalue weighted by atomic mass is 16.5. The number of ether oxygens (including phenoxy) is 2. The number of phenols is 1. The molecule has 0 spiro atoms. The van der Waals surface area contributed by atoms with Crippen LogP contribution in [0.15, 0.2) is 109 Å². The van der Waals surface area contributed by atoms with Gasteiger partial charge in [0.1, 0.15) is 6.04 Å². The van der Waals surface area contributed by atoms with Crippen molar-refractivity contribution in [3.8, 4) is 17.2 Å². The highest BCUT2D eigenvalue weighted by molar-refractivity contribution is 6.43. The Balaban J connectivity index is 0.000000602. The van der Waals surface area contributed by atoms with Gasteiger partial charge in [-0.2, -0.15) is 0 Å². The van der Waals surface area contributed by atoms with Crippen LogP contribution in [0.25, 0.3) is 0 Å². The Bertz CT molecular complexity index is 1530. The highest BCUT2D eigenvalue weighted by Crippen LogP contribution is 2.37. The molecule has 6 rings (SSSR count). The fourth-order valence-corrected chi connectivity index (χ4v) is 6.23. The van der Waals surface area contributed by atoms with Crippen molar-refractivity contribution in [3.05, 3.63) is 126 Å². The minimum atomic E-state index is -0.778. The lowest BCUT2D eigenvalue weighted by Gasteiger charge is -2.41. The van der Waals surface area contributed by atoms with Gasteiger partial charge in [-0.3, -0.25) is 19.3 Å². The summed E-state index contributed by atoms with van der Waals surface area (Å²) in [6.45, 7) is 6.78. The van der Waals surface area contributed by atoms with Gasteiger partial charge in [0.15, 0.2) is 11.5 Å². The molecule has 4 aromatic carbocycles. The number of likely N-dealkylation sites (tertiary alicyclic amines) is 1. The van der Waals surface area contributed by atoms with E-state index in [1.807, 2.05) is 91.5 Å². The average molecular weight is 666 g/mol. The van der Waals surface area contributed by atoms with E-state index >= 15 is 0 Å². The minimum Gasteiger partial charge on any atom is -0.502 e. The Morgan fingerprint density at radius 3 is 1.59 bits per heavy atom. The zero-order valence-electron chi connectivity index (χ0n) is 28.8. The average Bonchev–Trinajstić information content (AvgIpc) is 3.67. The summed E-state index contributed by atoms with van der Waals surface area (Å²) in [7, 11) is 2.70. The van der Waals surface area contributed by atoms with Crippen molar-refractivity contribution < 1.29 is 29.0 Å². The van der Waals surface area contributed by atoms with Crippen LogP contribution in [0.1, 0.15) is 54.2 Å². The van der Waals surface area contributed by atoms with Gasteiger partial charge in [-0.25, -0.2) is 0 Å². The molecule has 1 atom stereocenters. The number of hydrogen-bond acceptors (Lipinski definition) is 7. The maximum absolute atomic E-state index is 13.7. The van der Waals surface area contributed by atoms with Crippen LogP contribution >= 0.6 is 0 Å². The van der Waals surface area contributed by atoms with E-state index < -0.39 is 17.7 Å². The smallest absolute Gasteiger partial charge is 0.295 e. The second-order valence-corrected chi connectivity index (χ2v) is 11.5. The SMILES string of the molecule is CC.COc1cc(C(=O)C(=O)N2CCCC2C(=O)N2CCN(C(c3ccccc3)c3ccccc3)CC2)cc(OC)c1O.c1ccccc1. The maximum atomic E-state index is 13.7. The molecular weight excluding hydrogens is 618 g/mol. The summed E-state index contributed by atoms with van der Waals surface area (Å²) in [5.41, 5.74) is 2.43. The molecule has 0 saturated carbocycles. The normalized spacial score (nSPS) is 15.7. The fourth-order valence-electron chi connectivity index (χ4n) is 6.23. The Morgan fingerprint density at radius 1 is 0.694 bits per heavy atom. The molecule has 0 aromatic heterocycles. The molecule has 2 amide bonds. The van der Waals surface area contributed by atoms with E-state index in [1.165, 1.54) is 42.4 Å². The number of nitrogens with zero attached hydrogens (tertiary/aromatic N) is 3. The van der Waals surface area contributed by atoms with Crippen LogP contribution in [0.4, 0.5) is 0 Å². The number of methoxy groups -OCH3 is 2. The minimum absolute atomic E-state index is 0.0247. The Labute approximate surface area is 289 Å². The number of Topliss-reactive ketones (excluding diaryl/α,β-unsaturated/α-hetero) is 1. The van der Waals surface area contributed by atoms with E-state index in [9.17, 15) is 19.5 Å². The first-order chi connectivity index (χ1) is 23.9. The second-order valence-electron chi connectivity index (χ2n) is 11.5. The lowest BCUT2D eigenvalue weighted by atomic mass is 9.96. The molecule has 4 aromatic rings. The number of aromatic hydroxyl groups is 1. The highest BCUT2D eigenvalue weighted by Gasteiger charge is 2.40. The molecule has 2 heterocycles. The van der Waals surface area contributed by atoms with Crippen LogP contribution in [0.5, 0.6) is 17.2 Å². The van der Waals surface area contributed by atoms with E-state index in [2.05, 4.69) is 29.2 Å². The Morgan fingerprint density at radius 2 is 1.14 bits per heavy atom.